The standard InChI is InChI=1S/C25H28F2N6O3/c1-15(35)33-13-22-21(10-18(33)14-34)30-25(24(29-22)16-11-28-31(2)12-16)32-7-5-19(6-8-32)36-23-4-3-17(26)9-20(23)27/h3-4,9,11-12,18-19,34H,5-8,10,13-14H2,1-2H3. The Hall–Kier alpha value is -3.60. The van der Waals surface area contributed by atoms with Crippen LogP contribution in [0.25, 0.3) is 11.3 Å². The molecule has 1 saturated heterocycles. The fourth-order valence-corrected chi connectivity index (χ4v) is 4.83. The Morgan fingerprint density at radius 3 is 2.61 bits per heavy atom. The summed E-state index contributed by atoms with van der Waals surface area (Å²) >= 11 is 0. The monoisotopic (exact) mass is 498 g/mol. The molecule has 1 N–H and O–H groups in total. The van der Waals surface area contributed by atoms with Crippen molar-refractivity contribution in [3.05, 3.63) is 53.6 Å². The van der Waals surface area contributed by atoms with Crippen LogP contribution < -0.4 is 9.64 Å². The van der Waals surface area contributed by atoms with Gasteiger partial charge in [-0.25, -0.2) is 18.7 Å². The number of aliphatic hydroxyl groups excluding tert-OH is 1. The highest BCUT2D eigenvalue weighted by Crippen LogP contribution is 2.33. The summed E-state index contributed by atoms with van der Waals surface area (Å²) < 4.78 is 34.8. The third-order valence-corrected chi connectivity index (χ3v) is 6.75. The molecular weight excluding hydrogens is 470 g/mol. The first kappa shape index (κ1) is 24.1. The molecule has 0 saturated carbocycles. The molecule has 4 heterocycles. The number of aliphatic hydroxyl groups is 1. The summed E-state index contributed by atoms with van der Waals surface area (Å²) in [6.45, 7) is 2.84. The minimum Gasteiger partial charge on any atom is -0.487 e. The molecule has 3 aromatic rings. The average Bonchev–Trinajstić information content (AvgIpc) is 3.30. The van der Waals surface area contributed by atoms with Crippen LogP contribution in [0.4, 0.5) is 14.6 Å². The summed E-state index contributed by atoms with van der Waals surface area (Å²) in [5.74, 6) is -0.716. The van der Waals surface area contributed by atoms with E-state index in [-0.39, 0.29) is 37.0 Å². The Labute approximate surface area is 207 Å². The minimum absolute atomic E-state index is 0.0459. The van der Waals surface area contributed by atoms with Crippen molar-refractivity contribution in [3.8, 4) is 17.0 Å². The van der Waals surface area contributed by atoms with Gasteiger partial charge in [0.1, 0.15) is 17.6 Å². The van der Waals surface area contributed by atoms with Crippen molar-refractivity contribution < 1.29 is 23.4 Å². The number of carbonyl (C=O) groups excluding carboxylic acids is 1. The van der Waals surface area contributed by atoms with Crippen molar-refractivity contribution >= 4 is 11.7 Å². The van der Waals surface area contributed by atoms with Gasteiger partial charge in [-0.15, -0.1) is 0 Å². The van der Waals surface area contributed by atoms with E-state index in [4.69, 9.17) is 14.7 Å². The lowest BCUT2D eigenvalue weighted by atomic mass is 10.0. The van der Waals surface area contributed by atoms with Gasteiger partial charge in [0.05, 0.1) is 36.8 Å². The fraction of sp³-hybridized carbons (Fsp3) is 0.440. The summed E-state index contributed by atoms with van der Waals surface area (Å²) in [5, 5.41) is 14.1. The molecule has 1 amide bonds. The molecule has 0 spiro atoms. The molecule has 2 aromatic heterocycles. The predicted molar refractivity (Wildman–Crippen MR) is 127 cm³/mol. The Balaban J connectivity index is 1.41. The van der Waals surface area contributed by atoms with Gasteiger partial charge in [-0.05, 0) is 12.1 Å². The van der Waals surface area contributed by atoms with Crippen LogP contribution in [0.1, 0.15) is 31.2 Å². The van der Waals surface area contributed by atoms with Crippen molar-refractivity contribution in [3.63, 3.8) is 0 Å². The lowest BCUT2D eigenvalue weighted by Crippen LogP contribution is -2.46. The summed E-state index contributed by atoms with van der Waals surface area (Å²) in [5.41, 5.74) is 2.97. The van der Waals surface area contributed by atoms with Crippen LogP contribution in [0.2, 0.25) is 0 Å². The molecule has 36 heavy (non-hydrogen) atoms. The fourth-order valence-electron chi connectivity index (χ4n) is 4.83. The number of piperidine rings is 1. The van der Waals surface area contributed by atoms with Crippen LogP contribution >= 0.6 is 0 Å². The van der Waals surface area contributed by atoms with E-state index in [0.29, 0.717) is 49.6 Å². The molecule has 0 bridgehead atoms. The van der Waals surface area contributed by atoms with Gasteiger partial charge in [0.15, 0.2) is 17.4 Å². The highest BCUT2D eigenvalue weighted by atomic mass is 19.1. The molecule has 9 nitrogen and oxygen atoms in total. The molecule has 2 aliphatic heterocycles. The van der Waals surface area contributed by atoms with E-state index in [2.05, 4.69) is 10.00 Å². The van der Waals surface area contributed by atoms with Gasteiger partial charge < -0.3 is 19.6 Å². The highest BCUT2D eigenvalue weighted by molar-refractivity contribution is 5.75. The van der Waals surface area contributed by atoms with Gasteiger partial charge in [-0.3, -0.25) is 9.48 Å². The van der Waals surface area contributed by atoms with Crippen molar-refractivity contribution in [2.24, 2.45) is 7.05 Å². The number of carbonyl (C=O) groups is 1. The first-order valence-corrected chi connectivity index (χ1v) is 12.0. The van der Waals surface area contributed by atoms with Crippen LogP contribution in [0.15, 0.2) is 30.6 Å². The Kier molecular flexibility index (Phi) is 6.57. The van der Waals surface area contributed by atoms with Gasteiger partial charge in [0.2, 0.25) is 5.91 Å². The van der Waals surface area contributed by atoms with E-state index >= 15 is 0 Å². The number of hydrogen-bond donors (Lipinski definition) is 1. The number of aryl methyl sites for hydroxylation is 1. The summed E-state index contributed by atoms with van der Waals surface area (Å²) in [7, 11) is 1.83. The number of benzene rings is 1. The van der Waals surface area contributed by atoms with E-state index in [1.807, 2.05) is 13.2 Å². The Morgan fingerprint density at radius 2 is 1.97 bits per heavy atom. The number of fused-ring (bicyclic) bond motifs is 1. The van der Waals surface area contributed by atoms with Crippen molar-refractivity contribution in [2.45, 2.75) is 44.9 Å². The number of anilines is 1. The molecule has 1 aromatic carbocycles. The van der Waals surface area contributed by atoms with Crippen LogP contribution in [0.5, 0.6) is 5.75 Å². The van der Waals surface area contributed by atoms with E-state index < -0.39 is 11.6 Å². The molecule has 1 fully saturated rings. The summed E-state index contributed by atoms with van der Waals surface area (Å²) in [6.07, 6.45) is 5.06. The quantitative estimate of drug-likeness (QED) is 0.577. The van der Waals surface area contributed by atoms with E-state index in [1.54, 1.807) is 15.8 Å². The number of nitrogens with zero attached hydrogens (tertiary/aromatic N) is 6. The molecule has 1 unspecified atom stereocenters. The molecule has 11 heteroatoms. The first-order valence-electron chi connectivity index (χ1n) is 12.0. The lowest BCUT2D eigenvalue weighted by molar-refractivity contribution is -0.133. The topological polar surface area (TPSA) is 96.6 Å². The lowest BCUT2D eigenvalue weighted by Gasteiger charge is -2.37. The Bertz CT molecular complexity index is 1270. The number of amides is 1. The number of rotatable bonds is 5. The van der Waals surface area contributed by atoms with Gasteiger partial charge in [0.25, 0.3) is 0 Å². The van der Waals surface area contributed by atoms with Crippen molar-refractivity contribution in [1.82, 2.24) is 24.6 Å². The summed E-state index contributed by atoms with van der Waals surface area (Å²) in [4.78, 5) is 25.8. The molecule has 0 aliphatic carbocycles. The van der Waals surface area contributed by atoms with Crippen molar-refractivity contribution in [1.29, 1.82) is 0 Å². The second kappa shape index (κ2) is 9.81. The average molecular weight is 499 g/mol. The van der Waals surface area contributed by atoms with Crippen molar-refractivity contribution in [2.75, 3.05) is 24.6 Å². The van der Waals surface area contributed by atoms with E-state index in [1.165, 1.54) is 19.1 Å². The summed E-state index contributed by atoms with van der Waals surface area (Å²) in [6, 6.07) is 2.98. The molecular formula is C25H28F2N6O3. The molecule has 2 aliphatic rings. The van der Waals surface area contributed by atoms with Crippen LogP contribution in [0.3, 0.4) is 0 Å². The minimum atomic E-state index is -0.713. The van der Waals surface area contributed by atoms with E-state index in [0.717, 1.165) is 17.3 Å². The Morgan fingerprint density at radius 1 is 1.19 bits per heavy atom. The van der Waals surface area contributed by atoms with Gasteiger partial charge in [0, 0.05) is 64.2 Å². The van der Waals surface area contributed by atoms with Crippen LogP contribution in [0, 0.1) is 11.6 Å². The van der Waals surface area contributed by atoms with E-state index in [9.17, 15) is 18.7 Å². The normalized spacial score (nSPS) is 18.3. The third-order valence-electron chi connectivity index (χ3n) is 6.75. The zero-order valence-electron chi connectivity index (χ0n) is 20.2. The molecule has 5 rings (SSSR count). The third kappa shape index (κ3) is 4.75. The smallest absolute Gasteiger partial charge is 0.220 e. The molecule has 0 radical (unpaired) electrons. The maximum absolute atomic E-state index is 14.0. The SMILES string of the molecule is CC(=O)N1Cc2nc(-c3cnn(C)c3)c(N3CCC(Oc4ccc(F)cc4F)CC3)nc2CC1CO. The number of halogens is 2. The second-order valence-electron chi connectivity index (χ2n) is 9.26. The zero-order valence-corrected chi connectivity index (χ0v) is 20.2. The van der Waals surface area contributed by atoms with Gasteiger partial charge >= 0.3 is 0 Å². The zero-order chi connectivity index (χ0) is 25.4. The largest absolute Gasteiger partial charge is 0.487 e. The van der Waals surface area contributed by atoms with Crippen LogP contribution in [-0.2, 0) is 24.8 Å². The maximum Gasteiger partial charge on any atom is 0.220 e. The van der Waals surface area contributed by atoms with Gasteiger partial charge in [-0.2, -0.15) is 5.10 Å². The number of aromatic nitrogens is 4. The molecule has 190 valence electrons. The number of hydrogen-bond acceptors (Lipinski definition) is 7. The highest BCUT2D eigenvalue weighted by Gasteiger charge is 2.32. The maximum atomic E-state index is 14.0. The van der Waals surface area contributed by atoms with Crippen LogP contribution in [-0.4, -0.2) is 67.5 Å². The number of ether oxygens (including phenoxy) is 1. The van der Waals surface area contributed by atoms with Gasteiger partial charge in [-0.1, -0.05) is 0 Å². The second-order valence-corrected chi connectivity index (χ2v) is 9.26. The first-order chi connectivity index (χ1) is 17.3. The predicted octanol–water partition coefficient (Wildman–Crippen LogP) is 2.47. The molecule has 1 atom stereocenters.